The standard InChI is InChI=1S/C23H17N/c24-16-20(23-14-6-10-18-8-2-4-13-22(18)23)15-19-11-5-9-17-7-1-3-12-21(17)19/h1-14,20H,15H2. The SMILES string of the molecule is N#CC(Cc1cccc2ccccc12)c1cccc2ccccc12. The molecule has 0 spiro atoms. The van der Waals surface area contributed by atoms with Gasteiger partial charge in [0.25, 0.3) is 0 Å². The lowest BCUT2D eigenvalue weighted by Crippen LogP contribution is -2.02. The van der Waals surface area contributed by atoms with Gasteiger partial charge in [-0.25, -0.2) is 0 Å². The maximum absolute atomic E-state index is 9.82. The fraction of sp³-hybridized carbons (Fsp3) is 0.0870. The number of rotatable bonds is 3. The van der Waals surface area contributed by atoms with Crippen molar-refractivity contribution in [2.75, 3.05) is 0 Å². The first-order valence-electron chi connectivity index (χ1n) is 8.21. The van der Waals surface area contributed by atoms with Gasteiger partial charge in [-0.1, -0.05) is 84.9 Å². The number of hydrogen-bond acceptors (Lipinski definition) is 1. The van der Waals surface area contributed by atoms with E-state index >= 15 is 0 Å². The van der Waals surface area contributed by atoms with Gasteiger partial charge in [-0.05, 0) is 39.1 Å². The van der Waals surface area contributed by atoms with Gasteiger partial charge in [0.05, 0.1) is 12.0 Å². The predicted molar refractivity (Wildman–Crippen MR) is 100.0 cm³/mol. The molecule has 24 heavy (non-hydrogen) atoms. The second-order valence-electron chi connectivity index (χ2n) is 6.09. The number of hydrogen-bond donors (Lipinski definition) is 0. The van der Waals surface area contributed by atoms with Gasteiger partial charge >= 0.3 is 0 Å². The number of nitrogens with zero attached hydrogens (tertiary/aromatic N) is 1. The fourth-order valence-corrected chi connectivity index (χ4v) is 3.47. The molecule has 1 heteroatoms. The molecule has 1 atom stereocenters. The second kappa shape index (κ2) is 6.18. The number of nitriles is 1. The summed E-state index contributed by atoms with van der Waals surface area (Å²) in [5.74, 6) is -0.151. The third-order valence-electron chi connectivity index (χ3n) is 4.66. The average molecular weight is 307 g/mol. The molecule has 4 aromatic carbocycles. The number of fused-ring (bicyclic) bond motifs is 2. The average Bonchev–Trinajstić information content (AvgIpc) is 2.66. The molecule has 4 rings (SSSR count). The van der Waals surface area contributed by atoms with Gasteiger partial charge < -0.3 is 0 Å². The zero-order valence-corrected chi connectivity index (χ0v) is 13.3. The van der Waals surface area contributed by atoms with Gasteiger partial charge in [0.2, 0.25) is 0 Å². The third kappa shape index (κ3) is 2.53. The Bertz CT molecular complexity index is 1050. The Labute approximate surface area is 141 Å². The summed E-state index contributed by atoms with van der Waals surface area (Å²) in [6.45, 7) is 0. The van der Waals surface area contributed by atoms with Crippen molar-refractivity contribution in [3.05, 3.63) is 96.1 Å². The van der Waals surface area contributed by atoms with E-state index in [9.17, 15) is 5.26 Å². The van der Waals surface area contributed by atoms with E-state index in [1.807, 2.05) is 18.2 Å². The van der Waals surface area contributed by atoms with Gasteiger partial charge in [-0.3, -0.25) is 0 Å². The highest BCUT2D eigenvalue weighted by molar-refractivity contribution is 5.88. The Balaban J connectivity index is 1.80. The molecule has 0 saturated heterocycles. The second-order valence-corrected chi connectivity index (χ2v) is 6.09. The minimum absolute atomic E-state index is 0.151. The van der Waals surface area contributed by atoms with Crippen LogP contribution in [-0.4, -0.2) is 0 Å². The summed E-state index contributed by atoms with van der Waals surface area (Å²) < 4.78 is 0. The lowest BCUT2D eigenvalue weighted by Gasteiger charge is -2.14. The van der Waals surface area contributed by atoms with Crippen LogP contribution in [0.25, 0.3) is 21.5 Å². The Morgan fingerprint density at radius 3 is 2.00 bits per heavy atom. The summed E-state index contributed by atoms with van der Waals surface area (Å²) in [7, 11) is 0. The van der Waals surface area contributed by atoms with Crippen molar-refractivity contribution in [2.45, 2.75) is 12.3 Å². The monoisotopic (exact) mass is 307 g/mol. The molecule has 0 heterocycles. The molecule has 0 amide bonds. The van der Waals surface area contributed by atoms with Crippen molar-refractivity contribution < 1.29 is 0 Å². The van der Waals surface area contributed by atoms with E-state index in [0.717, 1.165) is 12.0 Å². The maximum Gasteiger partial charge on any atom is 0.0759 e. The lowest BCUT2D eigenvalue weighted by atomic mass is 9.88. The van der Waals surface area contributed by atoms with Crippen LogP contribution < -0.4 is 0 Å². The first-order valence-corrected chi connectivity index (χ1v) is 8.21. The Kier molecular flexibility index (Phi) is 3.73. The molecular formula is C23H17N. The minimum atomic E-state index is -0.151. The summed E-state index contributed by atoms with van der Waals surface area (Å²) in [6.07, 6.45) is 0.728. The van der Waals surface area contributed by atoms with E-state index in [1.54, 1.807) is 0 Å². The maximum atomic E-state index is 9.82. The van der Waals surface area contributed by atoms with Crippen LogP contribution in [0.15, 0.2) is 84.9 Å². The van der Waals surface area contributed by atoms with Crippen molar-refractivity contribution in [2.24, 2.45) is 0 Å². The molecule has 0 N–H and O–H groups in total. The molecule has 0 aliphatic rings. The van der Waals surface area contributed by atoms with Crippen LogP contribution in [0, 0.1) is 11.3 Å². The highest BCUT2D eigenvalue weighted by atomic mass is 14.3. The zero-order valence-electron chi connectivity index (χ0n) is 13.3. The fourth-order valence-electron chi connectivity index (χ4n) is 3.47. The van der Waals surface area contributed by atoms with E-state index in [2.05, 4.69) is 72.8 Å². The molecule has 1 nitrogen and oxygen atoms in total. The van der Waals surface area contributed by atoms with Gasteiger partial charge in [0, 0.05) is 0 Å². The van der Waals surface area contributed by atoms with Crippen LogP contribution in [0.4, 0.5) is 0 Å². The minimum Gasteiger partial charge on any atom is -0.198 e. The third-order valence-corrected chi connectivity index (χ3v) is 4.66. The zero-order chi connectivity index (χ0) is 16.4. The van der Waals surface area contributed by atoms with Crippen molar-refractivity contribution >= 4 is 21.5 Å². The van der Waals surface area contributed by atoms with Crippen molar-refractivity contribution in [1.29, 1.82) is 5.26 Å². The van der Waals surface area contributed by atoms with E-state index in [4.69, 9.17) is 0 Å². The normalized spacial score (nSPS) is 12.1. The van der Waals surface area contributed by atoms with Crippen molar-refractivity contribution in [3.8, 4) is 6.07 Å². The molecule has 0 bridgehead atoms. The molecule has 0 aromatic heterocycles. The lowest BCUT2D eigenvalue weighted by molar-refractivity contribution is 0.863. The highest BCUT2D eigenvalue weighted by Crippen LogP contribution is 2.30. The quantitative estimate of drug-likeness (QED) is 0.466. The van der Waals surface area contributed by atoms with Crippen LogP contribution in [-0.2, 0) is 6.42 Å². The van der Waals surface area contributed by atoms with E-state index in [0.29, 0.717) is 0 Å². The van der Waals surface area contributed by atoms with Crippen LogP contribution in [0.1, 0.15) is 17.0 Å². The summed E-state index contributed by atoms with van der Waals surface area (Å²) in [5.41, 5.74) is 2.34. The van der Waals surface area contributed by atoms with Gasteiger partial charge in [0.1, 0.15) is 0 Å². The molecule has 1 unspecified atom stereocenters. The van der Waals surface area contributed by atoms with Crippen LogP contribution in [0.2, 0.25) is 0 Å². The molecular weight excluding hydrogens is 290 g/mol. The van der Waals surface area contributed by atoms with E-state index in [-0.39, 0.29) is 5.92 Å². The first kappa shape index (κ1) is 14.5. The van der Waals surface area contributed by atoms with Crippen LogP contribution >= 0.6 is 0 Å². The summed E-state index contributed by atoms with van der Waals surface area (Å²) in [4.78, 5) is 0. The predicted octanol–water partition coefficient (Wildman–Crippen LogP) is 5.84. The molecule has 0 fully saturated rings. The topological polar surface area (TPSA) is 23.8 Å². The molecule has 114 valence electrons. The van der Waals surface area contributed by atoms with Crippen LogP contribution in [0.5, 0.6) is 0 Å². The van der Waals surface area contributed by atoms with E-state index < -0.39 is 0 Å². The van der Waals surface area contributed by atoms with E-state index in [1.165, 1.54) is 27.1 Å². The van der Waals surface area contributed by atoms with Gasteiger partial charge in [0.15, 0.2) is 0 Å². The van der Waals surface area contributed by atoms with Gasteiger partial charge in [-0.2, -0.15) is 5.26 Å². The summed E-state index contributed by atoms with van der Waals surface area (Å²) >= 11 is 0. The molecule has 0 aliphatic heterocycles. The Hall–Kier alpha value is -3.11. The summed E-state index contributed by atoms with van der Waals surface area (Å²) in [5, 5.41) is 14.6. The Morgan fingerprint density at radius 1 is 0.667 bits per heavy atom. The van der Waals surface area contributed by atoms with Crippen molar-refractivity contribution in [1.82, 2.24) is 0 Å². The van der Waals surface area contributed by atoms with Crippen LogP contribution in [0.3, 0.4) is 0 Å². The highest BCUT2D eigenvalue weighted by Gasteiger charge is 2.15. The summed E-state index contributed by atoms with van der Waals surface area (Å²) in [6, 6.07) is 31.8. The molecule has 0 radical (unpaired) electrons. The van der Waals surface area contributed by atoms with Gasteiger partial charge in [-0.15, -0.1) is 0 Å². The van der Waals surface area contributed by atoms with Crippen molar-refractivity contribution in [3.63, 3.8) is 0 Å². The first-order chi connectivity index (χ1) is 11.9. The molecule has 0 aliphatic carbocycles. The molecule has 4 aromatic rings. The largest absolute Gasteiger partial charge is 0.198 e. The number of benzene rings is 4. The molecule has 0 saturated carbocycles. The smallest absolute Gasteiger partial charge is 0.0759 e. The Morgan fingerprint density at radius 2 is 1.25 bits per heavy atom.